The first-order chi connectivity index (χ1) is 10.1. The number of hydrogen-bond acceptors (Lipinski definition) is 2. The molecule has 4 heteroatoms. The molecule has 0 amide bonds. The maximum atomic E-state index is 13.2. The maximum Gasteiger partial charge on any atom is 0.127 e. The van der Waals surface area contributed by atoms with E-state index in [-0.39, 0.29) is 6.04 Å². The molecule has 1 atom stereocenters. The summed E-state index contributed by atoms with van der Waals surface area (Å²) in [7, 11) is 0. The number of nitrogens with two attached hydrogens (primary N) is 1. The van der Waals surface area contributed by atoms with Crippen LogP contribution in [0.5, 0.6) is 5.75 Å². The van der Waals surface area contributed by atoms with E-state index in [0.29, 0.717) is 18.6 Å². The monoisotopic (exact) mass is 289 g/mol. The largest absolute Gasteiger partial charge is 0.493 e. The third-order valence-electron chi connectivity index (χ3n) is 3.74. The number of hydrogen-bond donors (Lipinski definition) is 1. The molecule has 0 aliphatic carbocycles. The van der Waals surface area contributed by atoms with Crippen molar-refractivity contribution in [3.8, 4) is 5.75 Å². The van der Waals surface area contributed by atoms with Crippen molar-refractivity contribution in [2.24, 2.45) is 5.73 Å². The first-order valence-corrected chi connectivity index (χ1v) is 7.08. The van der Waals surface area contributed by atoms with Crippen LogP contribution < -0.4 is 10.5 Å². The number of rotatable bonds is 3. The molecule has 2 nitrogen and oxygen atoms in total. The quantitative estimate of drug-likeness (QED) is 0.938. The fourth-order valence-corrected chi connectivity index (χ4v) is 2.80. The van der Waals surface area contributed by atoms with E-state index >= 15 is 0 Å². The third-order valence-corrected chi connectivity index (χ3v) is 3.74. The lowest BCUT2D eigenvalue weighted by Crippen LogP contribution is -2.18. The van der Waals surface area contributed by atoms with Crippen molar-refractivity contribution in [1.29, 1.82) is 0 Å². The average Bonchev–Trinajstić information content (AvgIpc) is 2.45. The molecule has 0 fully saturated rings. The molecule has 2 N–H and O–H groups in total. The first-order valence-electron chi connectivity index (χ1n) is 7.08. The van der Waals surface area contributed by atoms with Gasteiger partial charge in [0.1, 0.15) is 17.4 Å². The molecule has 1 aliphatic heterocycles. The minimum atomic E-state index is -0.580. The van der Waals surface area contributed by atoms with Crippen molar-refractivity contribution in [2.75, 3.05) is 6.61 Å². The average molecular weight is 289 g/mol. The van der Waals surface area contributed by atoms with Crippen LogP contribution in [0.15, 0.2) is 36.4 Å². The predicted octanol–water partition coefficient (Wildman–Crippen LogP) is 3.53. The number of halogens is 2. The summed E-state index contributed by atoms with van der Waals surface area (Å²) in [6.07, 6.45) is 2.35. The van der Waals surface area contributed by atoms with Gasteiger partial charge in [0.25, 0.3) is 0 Å². The van der Waals surface area contributed by atoms with E-state index in [1.54, 1.807) is 0 Å². The van der Waals surface area contributed by atoms with Crippen LogP contribution in [0, 0.1) is 11.6 Å². The highest BCUT2D eigenvalue weighted by molar-refractivity contribution is 5.45. The Labute approximate surface area is 122 Å². The Kier molecular flexibility index (Phi) is 3.88. The fraction of sp³-hybridized carbons (Fsp3) is 0.294. The summed E-state index contributed by atoms with van der Waals surface area (Å²) >= 11 is 0. The summed E-state index contributed by atoms with van der Waals surface area (Å²) in [5, 5.41) is 0. The van der Waals surface area contributed by atoms with E-state index in [4.69, 9.17) is 10.5 Å². The van der Waals surface area contributed by atoms with Gasteiger partial charge < -0.3 is 10.5 Å². The smallest absolute Gasteiger partial charge is 0.127 e. The van der Waals surface area contributed by atoms with Gasteiger partial charge in [-0.15, -0.1) is 0 Å². The molecule has 0 spiro atoms. The number of aryl methyl sites for hydroxylation is 1. The van der Waals surface area contributed by atoms with Crippen LogP contribution in [0.25, 0.3) is 0 Å². The molecule has 0 saturated heterocycles. The third kappa shape index (κ3) is 3.05. The van der Waals surface area contributed by atoms with E-state index in [2.05, 4.69) is 0 Å². The Bertz CT molecular complexity index is 637. The number of ether oxygens (including phenoxy) is 1. The second-order valence-electron chi connectivity index (χ2n) is 5.38. The Morgan fingerprint density at radius 2 is 1.90 bits per heavy atom. The number of benzene rings is 2. The second-order valence-corrected chi connectivity index (χ2v) is 5.38. The highest BCUT2D eigenvalue weighted by atomic mass is 19.1. The second kappa shape index (κ2) is 5.82. The summed E-state index contributed by atoms with van der Waals surface area (Å²) in [5.41, 5.74) is 8.83. The van der Waals surface area contributed by atoms with Gasteiger partial charge >= 0.3 is 0 Å². The highest BCUT2D eigenvalue weighted by Crippen LogP contribution is 2.33. The molecule has 0 bridgehead atoms. The van der Waals surface area contributed by atoms with Crippen molar-refractivity contribution in [3.63, 3.8) is 0 Å². The zero-order chi connectivity index (χ0) is 14.8. The van der Waals surface area contributed by atoms with Crippen molar-refractivity contribution in [1.82, 2.24) is 0 Å². The minimum absolute atomic E-state index is 0.348. The van der Waals surface area contributed by atoms with Gasteiger partial charge in [-0.25, -0.2) is 8.78 Å². The molecule has 1 unspecified atom stereocenters. The van der Waals surface area contributed by atoms with Crippen molar-refractivity contribution in [2.45, 2.75) is 25.3 Å². The van der Waals surface area contributed by atoms with E-state index in [1.807, 2.05) is 18.2 Å². The fourth-order valence-electron chi connectivity index (χ4n) is 2.80. The molecule has 21 heavy (non-hydrogen) atoms. The summed E-state index contributed by atoms with van der Waals surface area (Å²) in [4.78, 5) is 0. The number of fused-ring (bicyclic) bond motifs is 1. The van der Waals surface area contributed by atoms with Gasteiger partial charge in [-0.1, -0.05) is 18.2 Å². The molecular formula is C17H17F2NO. The predicted molar refractivity (Wildman–Crippen MR) is 77.2 cm³/mol. The van der Waals surface area contributed by atoms with Gasteiger partial charge in [0.15, 0.2) is 0 Å². The SMILES string of the molecule is NC(Cc1cc(F)cc(F)c1)c1cccc2c1OCCC2. The molecule has 2 aromatic rings. The van der Waals surface area contributed by atoms with Crippen LogP contribution in [-0.2, 0) is 12.8 Å². The van der Waals surface area contributed by atoms with Crippen LogP contribution in [0.1, 0.15) is 29.2 Å². The summed E-state index contributed by atoms with van der Waals surface area (Å²) in [6.45, 7) is 0.686. The lowest BCUT2D eigenvalue weighted by molar-refractivity contribution is 0.283. The van der Waals surface area contributed by atoms with E-state index in [9.17, 15) is 8.78 Å². The van der Waals surface area contributed by atoms with Crippen LogP contribution in [0.2, 0.25) is 0 Å². The van der Waals surface area contributed by atoms with E-state index in [0.717, 1.165) is 35.8 Å². The molecule has 3 rings (SSSR count). The highest BCUT2D eigenvalue weighted by Gasteiger charge is 2.19. The van der Waals surface area contributed by atoms with Crippen LogP contribution in [-0.4, -0.2) is 6.61 Å². The Balaban J connectivity index is 1.87. The molecule has 1 aliphatic rings. The minimum Gasteiger partial charge on any atom is -0.493 e. The topological polar surface area (TPSA) is 35.2 Å². The lowest BCUT2D eigenvalue weighted by Gasteiger charge is -2.23. The summed E-state index contributed by atoms with van der Waals surface area (Å²) in [6, 6.07) is 9.06. The van der Waals surface area contributed by atoms with Gasteiger partial charge in [0.05, 0.1) is 6.61 Å². The summed E-state index contributed by atoms with van der Waals surface area (Å²) < 4.78 is 32.2. The molecule has 2 aromatic carbocycles. The zero-order valence-electron chi connectivity index (χ0n) is 11.6. The van der Waals surface area contributed by atoms with Gasteiger partial charge in [-0.05, 0) is 42.5 Å². The Morgan fingerprint density at radius 1 is 1.14 bits per heavy atom. The first kappa shape index (κ1) is 14.0. The molecule has 1 heterocycles. The van der Waals surface area contributed by atoms with Crippen molar-refractivity contribution >= 4 is 0 Å². The standard InChI is InChI=1S/C17H17F2NO/c18-13-7-11(8-14(19)10-13)9-16(20)15-5-1-3-12-4-2-6-21-17(12)15/h1,3,5,7-8,10,16H,2,4,6,9,20H2. The lowest BCUT2D eigenvalue weighted by atomic mass is 9.94. The van der Waals surface area contributed by atoms with Crippen LogP contribution >= 0.6 is 0 Å². The number of para-hydroxylation sites is 1. The molecular weight excluding hydrogens is 272 g/mol. The zero-order valence-corrected chi connectivity index (χ0v) is 11.6. The normalized spacial score (nSPS) is 15.2. The van der Waals surface area contributed by atoms with E-state index in [1.165, 1.54) is 12.1 Å². The van der Waals surface area contributed by atoms with Crippen molar-refractivity contribution in [3.05, 3.63) is 64.7 Å². The molecule has 110 valence electrons. The van der Waals surface area contributed by atoms with Gasteiger partial charge in [-0.2, -0.15) is 0 Å². The van der Waals surface area contributed by atoms with Crippen LogP contribution in [0.4, 0.5) is 8.78 Å². The Hall–Kier alpha value is -1.94. The summed E-state index contributed by atoms with van der Waals surface area (Å²) in [5.74, 6) is -0.319. The molecule has 0 radical (unpaired) electrons. The van der Waals surface area contributed by atoms with Gasteiger partial charge in [0.2, 0.25) is 0 Å². The molecule has 0 aromatic heterocycles. The maximum absolute atomic E-state index is 13.2. The van der Waals surface area contributed by atoms with E-state index < -0.39 is 11.6 Å². The van der Waals surface area contributed by atoms with Crippen LogP contribution in [0.3, 0.4) is 0 Å². The Morgan fingerprint density at radius 3 is 2.67 bits per heavy atom. The van der Waals surface area contributed by atoms with Crippen molar-refractivity contribution < 1.29 is 13.5 Å². The van der Waals surface area contributed by atoms with Gasteiger partial charge in [-0.3, -0.25) is 0 Å². The molecule has 0 saturated carbocycles. The van der Waals surface area contributed by atoms with Gasteiger partial charge in [0, 0.05) is 17.7 Å².